The van der Waals surface area contributed by atoms with E-state index in [-0.39, 0.29) is 24.3 Å². The highest BCUT2D eigenvalue weighted by Crippen LogP contribution is 2.36. The topological polar surface area (TPSA) is 67.9 Å². The van der Waals surface area contributed by atoms with Crippen LogP contribution in [0.25, 0.3) is 0 Å². The lowest BCUT2D eigenvalue weighted by atomic mass is 9.97. The summed E-state index contributed by atoms with van der Waals surface area (Å²) in [4.78, 5) is 30.4. The number of methoxy groups -OCH3 is 2. The summed E-state index contributed by atoms with van der Waals surface area (Å²) in [6.07, 6.45) is 4.32. The van der Waals surface area contributed by atoms with Crippen LogP contribution >= 0.6 is 11.3 Å². The molecule has 2 aromatic carbocycles. The van der Waals surface area contributed by atoms with Crippen molar-refractivity contribution < 1.29 is 19.1 Å². The Morgan fingerprint density at radius 2 is 1.71 bits per heavy atom. The van der Waals surface area contributed by atoms with E-state index in [2.05, 4.69) is 5.32 Å². The number of anilines is 1. The van der Waals surface area contributed by atoms with Crippen LogP contribution in [0.15, 0.2) is 60.0 Å². The first-order valence-corrected chi connectivity index (χ1v) is 12.8. The molecular weight excluding hydrogens is 460 g/mol. The second-order valence-corrected chi connectivity index (χ2v) is 9.87. The van der Waals surface area contributed by atoms with Gasteiger partial charge in [0.2, 0.25) is 11.8 Å². The molecule has 0 spiro atoms. The number of carbonyl (C=O) groups excluding carboxylic acids is 2. The van der Waals surface area contributed by atoms with Crippen molar-refractivity contribution in [2.75, 3.05) is 19.1 Å². The molecule has 3 aromatic rings. The molecule has 1 saturated carbocycles. The summed E-state index contributed by atoms with van der Waals surface area (Å²) in [5.74, 6) is 0.756. The lowest BCUT2D eigenvalue weighted by molar-refractivity contribution is -0.127. The van der Waals surface area contributed by atoms with Crippen molar-refractivity contribution in [1.29, 1.82) is 0 Å². The van der Waals surface area contributed by atoms with E-state index >= 15 is 0 Å². The average molecular weight is 493 g/mol. The van der Waals surface area contributed by atoms with E-state index in [0.29, 0.717) is 17.2 Å². The van der Waals surface area contributed by atoms with Crippen molar-refractivity contribution in [3.05, 3.63) is 76.0 Å². The van der Waals surface area contributed by atoms with Crippen LogP contribution in [0.1, 0.15) is 47.7 Å². The Balaban J connectivity index is 1.84. The smallest absolute Gasteiger partial charge is 0.248 e. The highest BCUT2D eigenvalue weighted by atomic mass is 32.1. The molecule has 6 nitrogen and oxygen atoms in total. The Morgan fingerprint density at radius 1 is 1.03 bits per heavy atom. The highest BCUT2D eigenvalue weighted by molar-refractivity contribution is 7.10. The minimum Gasteiger partial charge on any atom is -0.497 e. The molecule has 0 saturated heterocycles. The number of rotatable bonds is 9. The van der Waals surface area contributed by atoms with Gasteiger partial charge in [0.05, 0.1) is 26.3 Å². The van der Waals surface area contributed by atoms with Gasteiger partial charge in [0.25, 0.3) is 0 Å². The second kappa shape index (κ2) is 11.4. The zero-order valence-electron chi connectivity index (χ0n) is 20.5. The maximum absolute atomic E-state index is 13.9. The Hall–Kier alpha value is -3.32. The molecule has 1 aromatic heterocycles. The van der Waals surface area contributed by atoms with Crippen LogP contribution in [0.5, 0.6) is 11.5 Å². The van der Waals surface area contributed by atoms with Gasteiger partial charge in [-0.2, -0.15) is 0 Å². The maximum Gasteiger partial charge on any atom is 0.248 e. The van der Waals surface area contributed by atoms with E-state index in [1.807, 2.05) is 48.7 Å². The van der Waals surface area contributed by atoms with Gasteiger partial charge in [0.1, 0.15) is 17.5 Å². The molecule has 0 radical (unpaired) electrons. The molecule has 0 aliphatic heterocycles. The lowest BCUT2D eigenvalue weighted by Gasteiger charge is -2.33. The monoisotopic (exact) mass is 492 g/mol. The highest BCUT2D eigenvalue weighted by Gasteiger charge is 2.35. The molecule has 4 rings (SSSR count). The lowest BCUT2D eigenvalue weighted by Crippen LogP contribution is -2.47. The Labute approximate surface area is 210 Å². The van der Waals surface area contributed by atoms with Gasteiger partial charge in [-0.25, -0.2) is 0 Å². The fraction of sp³-hybridized carbons (Fsp3) is 0.357. The van der Waals surface area contributed by atoms with Gasteiger partial charge >= 0.3 is 0 Å². The average Bonchev–Trinajstić information content (AvgIpc) is 3.57. The normalized spacial score (nSPS) is 14.4. The number of amides is 2. The van der Waals surface area contributed by atoms with Crippen molar-refractivity contribution in [3.8, 4) is 11.5 Å². The zero-order valence-corrected chi connectivity index (χ0v) is 21.3. The quantitative estimate of drug-likeness (QED) is 0.431. The van der Waals surface area contributed by atoms with E-state index < -0.39 is 6.04 Å². The van der Waals surface area contributed by atoms with Gasteiger partial charge < -0.3 is 14.8 Å². The standard InChI is InChI=1S/C28H32N2O4S/c1-19-9-4-7-13-25(19)27(28(32)29-20-10-5-6-11-20)30(26(31)18-24-12-8-14-35-24)21-15-22(33-2)17-23(16-21)34-3/h4,7-9,12-17,20,27H,5-6,10-11,18H2,1-3H3,(H,29,32). The fourth-order valence-electron chi connectivity index (χ4n) is 4.66. The Morgan fingerprint density at radius 3 is 2.31 bits per heavy atom. The van der Waals surface area contributed by atoms with Gasteiger partial charge in [-0.15, -0.1) is 11.3 Å². The van der Waals surface area contributed by atoms with Crippen molar-refractivity contribution in [1.82, 2.24) is 5.32 Å². The van der Waals surface area contributed by atoms with Crippen LogP contribution in [0.3, 0.4) is 0 Å². The number of benzene rings is 2. The Bertz CT molecular complexity index is 1130. The number of carbonyl (C=O) groups is 2. The summed E-state index contributed by atoms with van der Waals surface area (Å²) in [6.45, 7) is 1.97. The SMILES string of the molecule is COc1cc(OC)cc(N(C(=O)Cc2cccs2)C(C(=O)NC2CCCC2)c2ccccc2C)c1. The van der Waals surface area contributed by atoms with E-state index in [4.69, 9.17) is 9.47 Å². The molecule has 1 unspecified atom stereocenters. The summed E-state index contributed by atoms with van der Waals surface area (Å²) in [5.41, 5.74) is 2.30. The third kappa shape index (κ3) is 5.85. The molecule has 1 atom stereocenters. The first-order valence-electron chi connectivity index (χ1n) is 11.9. The number of ether oxygens (including phenoxy) is 2. The third-order valence-corrected chi connectivity index (χ3v) is 7.36. The molecule has 0 bridgehead atoms. The first kappa shape index (κ1) is 24.8. The number of aryl methyl sites for hydroxylation is 1. The van der Waals surface area contributed by atoms with Crippen LogP contribution in [-0.4, -0.2) is 32.1 Å². The minimum absolute atomic E-state index is 0.128. The molecule has 7 heteroatoms. The van der Waals surface area contributed by atoms with Crippen LogP contribution < -0.4 is 19.7 Å². The predicted molar refractivity (Wildman–Crippen MR) is 139 cm³/mol. The van der Waals surface area contributed by atoms with Gasteiger partial charge in [-0.05, 0) is 42.3 Å². The summed E-state index contributed by atoms with van der Waals surface area (Å²) >= 11 is 1.53. The number of nitrogens with zero attached hydrogens (tertiary/aromatic N) is 1. The molecule has 1 heterocycles. The molecule has 184 valence electrons. The first-order chi connectivity index (χ1) is 17.0. The van der Waals surface area contributed by atoms with Gasteiger partial charge in [-0.3, -0.25) is 14.5 Å². The third-order valence-electron chi connectivity index (χ3n) is 6.48. The minimum atomic E-state index is -0.832. The number of hydrogen-bond donors (Lipinski definition) is 1. The van der Waals surface area contributed by atoms with Gasteiger partial charge in [0, 0.05) is 29.1 Å². The van der Waals surface area contributed by atoms with Crippen molar-refractivity contribution >= 4 is 28.8 Å². The van der Waals surface area contributed by atoms with E-state index in [1.54, 1.807) is 37.3 Å². The molecular formula is C28H32N2O4S. The molecule has 1 aliphatic rings. The van der Waals surface area contributed by atoms with Crippen LogP contribution in [0.4, 0.5) is 5.69 Å². The molecule has 1 N–H and O–H groups in total. The molecule has 35 heavy (non-hydrogen) atoms. The predicted octanol–water partition coefficient (Wildman–Crippen LogP) is 5.45. The maximum atomic E-state index is 13.9. The Kier molecular flexibility index (Phi) is 8.08. The second-order valence-electron chi connectivity index (χ2n) is 8.84. The summed E-state index contributed by atoms with van der Waals surface area (Å²) in [5, 5.41) is 5.18. The largest absolute Gasteiger partial charge is 0.497 e. The summed E-state index contributed by atoms with van der Waals surface area (Å²) in [7, 11) is 3.14. The van der Waals surface area contributed by atoms with Crippen molar-refractivity contribution in [3.63, 3.8) is 0 Å². The van der Waals surface area contributed by atoms with E-state index in [0.717, 1.165) is 41.7 Å². The zero-order chi connectivity index (χ0) is 24.8. The van der Waals surface area contributed by atoms with Crippen LogP contribution in [-0.2, 0) is 16.0 Å². The van der Waals surface area contributed by atoms with Crippen molar-refractivity contribution in [2.24, 2.45) is 0 Å². The summed E-state index contributed by atoms with van der Waals surface area (Å²) in [6, 6.07) is 16.2. The fourth-order valence-corrected chi connectivity index (χ4v) is 5.35. The van der Waals surface area contributed by atoms with Crippen LogP contribution in [0.2, 0.25) is 0 Å². The number of hydrogen-bond acceptors (Lipinski definition) is 5. The van der Waals surface area contributed by atoms with Crippen LogP contribution in [0, 0.1) is 6.92 Å². The van der Waals surface area contributed by atoms with Crippen molar-refractivity contribution in [2.45, 2.75) is 51.1 Å². The van der Waals surface area contributed by atoms with E-state index in [1.165, 1.54) is 11.3 Å². The molecule has 1 aliphatic carbocycles. The number of nitrogens with one attached hydrogen (secondary N) is 1. The van der Waals surface area contributed by atoms with Gasteiger partial charge in [-0.1, -0.05) is 43.2 Å². The van der Waals surface area contributed by atoms with Gasteiger partial charge in [0.15, 0.2) is 0 Å². The molecule has 1 fully saturated rings. The number of thiophene rings is 1. The molecule has 2 amide bonds. The summed E-state index contributed by atoms with van der Waals surface area (Å²) < 4.78 is 11.0. The van der Waals surface area contributed by atoms with E-state index in [9.17, 15) is 9.59 Å².